The van der Waals surface area contributed by atoms with Gasteiger partial charge in [0.25, 0.3) is 17.7 Å². The van der Waals surface area contributed by atoms with E-state index in [1.807, 2.05) is 18.2 Å². The summed E-state index contributed by atoms with van der Waals surface area (Å²) >= 11 is 6.19. The van der Waals surface area contributed by atoms with Gasteiger partial charge in [0.1, 0.15) is 0 Å². The smallest absolute Gasteiger partial charge is 0.255 e. The number of hydrogen-bond acceptors (Lipinski definition) is 5. The fourth-order valence-electron chi connectivity index (χ4n) is 5.78. The number of hydroxylamine groups is 1. The van der Waals surface area contributed by atoms with Crippen molar-refractivity contribution in [2.45, 2.75) is 56.4 Å². The first-order valence-corrected chi connectivity index (χ1v) is 13.8. The summed E-state index contributed by atoms with van der Waals surface area (Å²) < 4.78 is 0. The zero-order chi connectivity index (χ0) is 28.2. The minimum Gasteiger partial charge on any atom is -0.391 e. The first-order chi connectivity index (χ1) is 19.4. The molecular formula is C31H32ClN3O5. The van der Waals surface area contributed by atoms with Gasteiger partial charge in [0.15, 0.2) is 0 Å². The molecule has 3 N–H and O–H groups in total. The van der Waals surface area contributed by atoms with Crippen molar-refractivity contribution in [3.63, 3.8) is 0 Å². The highest BCUT2D eigenvalue weighted by Gasteiger charge is 2.48. The number of rotatable bonds is 7. The fourth-order valence-corrected chi connectivity index (χ4v) is 5.91. The third-order valence-corrected chi connectivity index (χ3v) is 8.03. The van der Waals surface area contributed by atoms with E-state index in [1.54, 1.807) is 66.5 Å². The van der Waals surface area contributed by atoms with E-state index in [1.165, 1.54) is 0 Å². The maximum Gasteiger partial charge on any atom is 0.255 e. The van der Waals surface area contributed by atoms with Crippen LogP contribution in [0, 0.1) is 0 Å². The van der Waals surface area contributed by atoms with E-state index >= 15 is 0 Å². The number of carbonyl (C=O) groups excluding carboxylic acids is 3. The largest absolute Gasteiger partial charge is 0.391 e. The molecule has 0 bridgehead atoms. The van der Waals surface area contributed by atoms with Crippen molar-refractivity contribution in [1.82, 2.24) is 15.7 Å². The number of aliphatic hydroxyl groups is 1. The zero-order valence-corrected chi connectivity index (χ0v) is 22.9. The summed E-state index contributed by atoms with van der Waals surface area (Å²) in [7, 11) is 1.57. The lowest BCUT2D eigenvalue weighted by Crippen LogP contribution is -2.55. The summed E-state index contributed by atoms with van der Waals surface area (Å²) in [5.41, 5.74) is 5.69. The van der Waals surface area contributed by atoms with Crippen LogP contribution in [0.15, 0.2) is 72.8 Å². The average Bonchev–Trinajstić information content (AvgIpc) is 2.98. The average molecular weight is 562 g/mol. The first-order valence-electron chi connectivity index (χ1n) is 13.5. The van der Waals surface area contributed by atoms with E-state index in [0.717, 1.165) is 24.0 Å². The molecule has 9 heteroatoms. The molecule has 0 saturated heterocycles. The van der Waals surface area contributed by atoms with Crippen LogP contribution in [0.2, 0.25) is 5.02 Å². The second-order valence-electron chi connectivity index (χ2n) is 10.2. The van der Waals surface area contributed by atoms with Gasteiger partial charge in [-0.3, -0.25) is 19.2 Å². The van der Waals surface area contributed by atoms with Gasteiger partial charge in [0, 0.05) is 23.2 Å². The maximum absolute atomic E-state index is 14.0. The Balaban J connectivity index is 1.46. The van der Waals surface area contributed by atoms with Gasteiger partial charge in [-0.05, 0) is 59.9 Å². The number of benzene rings is 3. The molecule has 40 heavy (non-hydrogen) atoms. The molecule has 1 fully saturated rings. The molecular weight excluding hydrogens is 530 g/mol. The quantitative estimate of drug-likeness (QED) is 0.367. The number of hydrogen-bond donors (Lipinski definition) is 3. The fraction of sp³-hybridized carbons (Fsp3) is 0.323. The molecule has 0 unspecified atom stereocenters. The molecule has 0 radical (unpaired) electrons. The van der Waals surface area contributed by atoms with Gasteiger partial charge >= 0.3 is 0 Å². The number of fused-ring (bicyclic) bond motifs is 1. The number of nitrogens with one attached hydrogen (secondary N) is 2. The van der Waals surface area contributed by atoms with Crippen LogP contribution in [-0.2, 0) is 16.2 Å². The van der Waals surface area contributed by atoms with Crippen molar-refractivity contribution in [1.29, 1.82) is 0 Å². The van der Waals surface area contributed by atoms with Gasteiger partial charge in [-0.1, -0.05) is 66.9 Å². The molecule has 5 rings (SSSR count). The Morgan fingerprint density at radius 1 is 1.00 bits per heavy atom. The van der Waals surface area contributed by atoms with Crippen LogP contribution < -0.4 is 10.8 Å². The highest BCUT2D eigenvalue weighted by atomic mass is 35.5. The second-order valence-corrected chi connectivity index (χ2v) is 10.7. The van der Waals surface area contributed by atoms with Crippen LogP contribution >= 0.6 is 11.6 Å². The topological polar surface area (TPSA) is 108 Å². The third-order valence-electron chi connectivity index (χ3n) is 7.78. The molecule has 0 spiro atoms. The predicted molar refractivity (Wildman–Crippen MR) is 151 cm³/mol. The van der Waals surface area contributed by atoms with Gasteiger partial charge in [-0.2, -0.15) is 0 Å². The zero-order valence-electron chi connectivity index (χ0n) is 22.2. The van der Waals surface area contributed by atoms with Crippen molar-refractivity contribution in [2.24, 2.45) is 0 Å². The number of amides is 3. The number of halogens is 1. The van der Waals surface area contributed by atoms with Crippen molar-refractivity contribution >= 4 is 29.3 Å². The molecule has 3 aromatic carbocycles. The Bertz CT molecular complexity index is 1380. The minimum absolute atomic E-state index is 0.0870. The summed E-state index contributed by atoms with van der Waals surface area (Å²) in [6, 6.07) is 20.0. The van der Waals surface area contributed by atoms with E-state index in [4.69, 9.17) is 16.4 Å². The number of carbonyl (C=O) groups is 3. The Hall–Kier alpha value is -3.72. The lowest BCUT2D eigenvalue weighted by atomic mass is 9.77. The minimum atomic E-state index is -0.792. The monoisotopic (exact) mass is 561 g/mol. The molecule has 1 saturated carbocycles. The van der Waals surface area contributed by atoms with Crippen molar-refractivity contribution in [3.8, 4) is 0 Å². The SMILES string of the molecule is CNC(=O)c1ccc(CONC(=O)[C@@H]2c3ccccc3C(=O)N([C@H]3CCCC[C@@H]3O)[C@H]2c2ccc(Cl)cc2)cc1. The normalized spacial score (nSPS) is 22.4. The molecule has 3 aromatic rings. The van der Waals surface area contributed by atoms with Crippen molar-refractivity contribution in [3.05, 3.63) is 106 Å². The number of nitrogens with zero attached hydrogens (tertiary/aromatic N) is 1. The molecule has 1 aliphatic heterocycles. The Kier molecular flexibility index (Phi) is 8.49. The van der Waals surface area contributed by atoms with E-state index in [-0.39, 0.29) is 18.4 Å². The van der Waals surface area contributed by atoms with E-state index in [9.17, 15) is 19.5 Å². The highest BCUT2D eigenvalue weighted by Crippen LogP contribution is 2.46. The summed E-state index contributed by atoms with van der Waals surface area (Å²) in [5.74, 6) is -1.59. The van der Waals surface area contributed by atoms with Crippen LogP contribution in [0.1, 0.15) is 75.0 Å². The van der Waals surface area contributed by atoms with Crippen molar-refractivity contribution < 1.29 is 24.3 Å². The van der Waals surface area contributed by atoms with Crippen molar-refractivity contribution in [2.75, 3.05) is 7.05 Å². The van der Waals surface area contributed by atoms with Gasteiger partial charge in [-0.25, -0.2) is 5.48 Å². The van der Waals surface area contributed by atoms with Crippen LogP contribution in [0.5, 0.6) is 0 Å². The summed E-state index contributed by atoms with van der Waals surface area (Å²) in [4.78, 5) is 47.0. The predicted octanol–water partition coefficient (Wildman–Crippen LogP) is 4.53. The first kappa shape index (κ1) is 27.8. The van der Waals surface area contributed by atoms with Crippen LogP contribution in [0.4, 0.5) is 0 Å². The standard InChI is InChI=1S/C31H32ClN3O5/c1-33-29(37)21-12-10-19(11-13-21)18-40-34-30(38)27-23-6-2-3-7-24(23)31(39)35(25-8-4-5-9-26(25)36)28(27)20-14-16-22(32)17-15-20/h2-3,6-7,10-17,25-28,36H,4-5,8-9,18H2,1H3,(H,33,37)(H,34,38)/t25-,26-,27+,28-/m0/s1. The summed E-state index contributed by atoms with van der Waals surface area (Å²) in [5, 5.41) is 14.1. The Labute approximate surface area is 238 Å². The molecule has 8 nitrogen and oxygen atoms in total. The van der Waals surface area contributed by atoms with Gasteiger partial charge < -0.3 is 15.3 Å². The Morgan fingerprint density at radius 2 is 1.70 bits per heavy atom. The molecule has 1 aliphatic carbocycles. The summed E-state index contributed by atoms with van der Waals surface area (Å²) in [6.07, 6.45) is 2.34. The lowest BCUT2D eigenvalue weighted by molar-refractivity contribution is -0.138. The maximum atomic E-state index is 14.0. The Morgan fingerprint density at radius 3 is 2.40 bits per heavy atom. The molecule has 208 valence electrons. The highest BCUT2D eigenvalue weighted by molar-refractivity contribution is 6.30. The van der Waals surface area contributed by atoms with Gasteiger partial charge in [0.05, 0.1) is 30.7 Å². The van der Waals surface area contributed by atoms with Crippen LogP contribution in [0.25, 0.3) is 0 Å². The number of aliphatic hydroxyl groups excluding tert-OH is 1. The second kappa shape index (κ2) is 12.2. The van der Waals surface area contributed by atoms with E-state index in [0.29, 0.717) is 34.6 Å². The van der Waals surface area contributed by atoms with E-state index < -0.39 is 30.0 Å². The van der Waals surface area contributed by atoms with Gasteiger partial charge in [-0.15, -0.1) is 0 Å². The lowest BCUT2D eigenvalue weighted by Gasteiger charge is -2.48. The molecule has 2 aliphatic rings. The van der Waals surface area contributed by atoms with Crippen LogP contribution in [-0.4, -0.2) is 46.9 Å². The molecule has 3 amide bonds. The molecule has 1 heterocycles. The van der Waals surface area contributed by atoms with Crippen LogP contribution in [0.3, 0.4) is 0 Å². The summed E-state index contributed by atoms with van der Waals surface area (Å²) in [6.45, 7) is 0.0870. The third kappa shape index (κ3) is 5.61. The van der Waals surface area contributed by atoms with Gasteiger partial charge in [0.2, 0.25) is 0 Å². The van der Waals surface area contributed by atoms with E-state index in [2.05, 4.69) is 10.8 Å². The molecule has 0 aromatic heterocycles. The molecule has 4 atom stereocenters.